The molecule has 156 valence electrons. The van der Waals surface area contributed by atoms with E-state index in [1.807, 2.05) is 13.0 Å². The number of nitrogens with zero attached hydrogens (tertiary/aromatic N) is 5. The second kappa shape index (κ2) is 8.19. The van der Waals surface area contributed by atoms with Crippen molar-refractivity contribution in [1.29, 1.82) is 0 Å². The first kappa shape index (κ1) is 20.0. The maximum Gasteiger partial charge on any atom is 0.271 e. The van der Waals surface area contributed by atoms with Crippen LogP contribution in [0.4, 0.5) is 15.8 Å². The van der Waals surface area contributed by atoms with Gasteiger partial charge < -0.3 is 9.42 Å². The molecule has 0 saturated carbocycles. The highest BCUT2D eigenvalue weighted by Crippen LogP contribution is 2.27. The Kier molecular flexibility index (Phi) is 5.45. The topological polar surface area (TPSA) is 88.5 Å². The van der Waals surface area contributed by atoms with Crippen LogP contribution in [0.3, 0.4) is 0 Å². The van der Waals surface area contributed by atoms with Crippen molar-refractivity contribution in [3.8, 4) is 11.4 Å². The van der Waals surface area contributed by atoms with Crippen molar-refractivity contribution in [3.63, 3.8) is 0 Å². The lowest BCUT2D eigenvalue weighted by Crippen LogP contribution is -2.47. The predicted octanol–water partition coefficient (Wildman–Crippen LogP) is 3.98. The molecule has 0 amide bonds. The van der Waals surface area contributed by atoms with Crippen molar-refractivity contribution in [2.24, 2.45) is 0 Å². The molecule has 3 aromatic rings. The van der Waals surface area contributed by atoms with E-state index in [4.69, 9.17) is 4.52 Å². The summed E-state index contributed by atoms with van der Waals surface area (Å²) in [6.07, 6.45) is 0. The normalized spacial score (nSPS) is 15.9. The largest absolute Gasteiger partial charge is 0.369 e. The number of aryl methyl sites for hydroxylation is 1. The lowest BCUT2D eigenvalue weighted by molar-refractivity contribution is -0.384. The van der Waals surface area contributed by atoms with Gasteiger partial charge in [-0.3, -0.25) is 15.0 Å². The second-order valence-electron chi connectivity index (χ2n) is 7.40. The Balaban J connectivity index is 1.42. The molecule has 2 aromatic carbocycles. The van der Waals surface area contributed by atoms with E-state index in [1.54, 1.807) is 31.2 Å². The molecule has 1 aliphatic rings. The van der Waals surface area contributed by atoms with Crippen LogP contribution in [0.5, 0.6) is 0 Å². The van der Waals surface area contributed by atoms with Crippen molar-refractivity contribution in [1.82, 2.24) is 15.0 Å². The van der Waals surface area contributed by atoms with Gasteiger partial charge in [0.25, 0.3) is 5.69 Å². The van der Waals surface area contributed by atoms with Gasteiger partial charge in [-0.25, -0.2) is 4.39 Å². The Morgan fingerprint density at radius 1 is 1.17 bits per heavy atom. The Morgan fingerprint density at radius 3 is 2.63 bits per heavy atom. The van der Waals surface area contributed by atoms with Crippen LogP contribution >= 0.6 is 0 Å². The first-order chi connectivity index (χ1) is 14.4. The van der Waals surface area contributed by atoms with Crippen LogP contribution in [-0.4, -0.2) is 46.1 Å². The van der Waals surface area contributed by atoms with Crippen LogP contribution in [-0.2, 0) is 0 Å². The van der Waals surface area contributed by atoms with Gasteiger partial charge in [0.15, 0.2) is 0 Å². The maximum absolute atomic E-state index is 13.5. The van der Waals surface area contributed by atoms with Crippen LogP contribution in [0.2, 0.25) is 0 Å². The lowest BCUT2D eigenvalue weighted by atomic mass is 10.1. The van der Waals surface area contributed by atoms with Gasteiger partial charge in [0.2, 0.25) is 11.7 Å². The number of anilines is 1. The summed E-state index contributed by atoms with van der Waals surface area (Å²) in [5, 5.41) is 15.1. The third kappa shape index (κ3) is 4.02. The van der Waals surface area contributed by atoms with E-state index in [-0.39, 0.29) is 22.5 Å². The number of benzene rings is 2. The first-order valence-electron chi connectivity index (χ1n) is 9.76. The third-order valence-corrected chi connectivity index (χ3v) is 5.48. The summed E-state index contributed by atoms with van der Waals surface area (Å²) in [5.74, 6) is 0.684. The molecule has 8 nitrogen and oxygen atoms in total. The monoisotopic (exact) mass is 411 g/mol. The zero-order valence-corrected chi connectivity index (χ0v) is 16.8. The molecular weight excluding hydrogens is 389 g/mol. The molecule has 2 heterocycles. The summed E-state index contributed by atoms with van der Waals surface area (Å²) in [6.45, 7) is 6.71. The summed E-state index contributed by atoms with van der Waals surface area (Å²) in [7, 11) is 0. The van der Waals surface area contributed by atoms with Crippen LogP contribution in [0.15, 0.2) is 47.0 Å². The molecule has 0 spiro atoms. The standard InChI is InChI=1S/C21H22FN5O3/c1-14-12-16(6-7-19(14)22)20-23-21(30-24-20)15(2)25-8-10-26(11-9-25)17-4-3-5-18(13-17)27(28)29/h3-7,12-13,15H,8-11H2,1-2H3. The maximum atomic E-state index is 13.5. The van der Waals surface area contributed by atoms with E-state index in [9.17, 15) is 14.5 Å². The molecule has 0 bridgehead atoms. The average Bonchev–Trinajstić information content (AvgIpc) is 3.25. The van der Waals surface area contributed by atoms with Gasteiger partial charge in [0.05, 0.1) is 11.0 Å². The van der Waals surface area contributed by atoms with E-state index in [0.717, 1.165) is 31.9 Å². The number of nitro groups is 1. The first-order valence-corrected chi connectivity index (χ1v) is 9.76. The molecule has 1 unspecified atom stereocenters. The molecule has 1 aromatic heterocycles. The lowest BCUT2D eigenvalue weighted by Gasteiger charge is -2.37. The average molecular weight is 411 g/mol. The van der Waals surface area contributed by atoms with E-state index in [0.29, 0.717) is 22.8 Å². The number of hydrogen-bond acceptors (Lipinski definition) is 7. The van der Waals surface area contributed by atoms with Gasteiger partial charge in [0, 0.05) is 49.6 Å². The minimum Gasteiger partial charge on any atom is -0.369 e. The van der Waals surface area contributed by atoms with Crippen molar-refractivity contribution in [2.45, 2.75) is 19.9 Å². The summed E-state index contributed by atoms with van der Waals surface area (Å²) in [5.41, 5.74) is 2.19. The smallest absolute Gasteiger partial charge is 0.271 e. The van der Waals surface area contributed by atoms with E-state index in [2.05, 4.69) is 19.9 Å². The Morgan fingerprint density at radius 2 is 1.93 bits per heavy atom. The van der Waals surface area contributed by atoms with Crippen LogP contribution in [0, 0.1) is 22.9 Å². The van der Waals surface area contributed by atoms with E-state index >= 15 is 0 Å². The van der Waals surface area contributed by atoms with E-state index in [1.165, 1.54) is 12.1 Å². The number of non-ortho nitro benzene ring substituents is 1. The summed E-state index contributed by atoms with van der Waals surface area (Å²) < 4.78 is 19.0. The van der Waals surface area contributed by atoms with Crippen LogP contribution in [0.1, 0.15) is 24.4 Å². The second-order valence-corrected chi connectivity index (χ2v) is 7.40. The molecule has 1 fully saturated rings. The molecule has 1 saturated heterocycles. The minimum absolute atomic E-state index is 0.0694. The van der Waals surface area contributed by atoms with Crippen molar-refractivity contribution in [3.05, 3.63) is 69.9 Å². The van der Waals surface area contributed by atoms with Gasteiger partial charge in [-0.2, -0.15) is 4.98 Å². The molecule has 4 rings (SSSR count). The highest BCUT2D eigenvalue weighted by Gasteiger charge is 2.26. The third-order valence-electron chi connectivity index (χ3n) is 5.48. The highest BCUT2D eigenvalue weighted by atomic mass is 19.1. The molecule has 0 aliphatic carbocycles. The molecule has 30 heavy (non-hydrogen) atoms. The van der Waals surface area contributed by atoms with Gasteiger partial charge in [-0.1, -0.05) is 11.2 Å². The molecule has 0 radical (unpaired) electrons. The Labute approximate surface area is 173 Å². The van der Waals surface area contributed by atoms with E-state index < -0.39 is 0 Å². The summed E-state index contributed by atoms with van der Waals surface area (Å²) in [4.78, 5) is 19.5. The number of rotatable bonds is 5. The number of hydrogen-bond donors (Lipinski definition) is 0. The number of halogens is 1. The fourth-order valence-corrected chi connectivity index (χ4v) is 3.63. The fraction of sp³-hybridized carbons (Fsp3) is 0.333. The summed E-state index contributed by atoms with van der Waals surface area (Å²) in [6, 6.07) is 11.4. The fourth-order valence-electron chi connectivity index (χ4n) is 3.63. The molecular formula is C21H22FN5O3. The zero-order valence-electron chi connectivity index (χ0n) is 16.8. The highest BCUT2D eigenvalue weighted by molar-refractivity contribution is 5.55. The molecule has 0 N–H and O–H groups in total. The van der Waals surface area contributed by atoms with Gasteiger partial charge in [-0.15, -0.1) is 0 Å². The Bertz CT molecular complexity index is 1060. The van der Waals surface area contributed by atoms with Gasteiger partial charge >= 0.3 is 0 Å². The number of nitro benzene ring substituents is 1. The zero-order chi connectivity index (χ0) is 21.3. The van der Waals surface area contributed by atoms with Gasteiger partial charge in [0.1, 0.15) is 5.82 Å². The van der Waals surface area contributed by atoms with Crippen LogP contribution < -0.4 is 4.90 Å². The minimum atomic E-state index is -0.377. The SMILES string of the molecule is Cc1cc(-c2noc(C(C)N3CCN(c4cccc([N+](=O)[O-])c4)CC3)n2)ccc1F. The number of piperazine rings is 1. The number of aromatic nitrogens is 2. The Hall–Kier alpha value is -3.33. The van der Waals surface area contributed by atoms with Gasteiger partial charge in [-0.05, 0) is 43.7 Å². The molecule has 1 atom stereocenters. The van der Waals surface area contributed by atoms with Crippen molar-refractivity contribution >= 4 is 11.4 Å². The molecule has 1 aliphatic heterocycles. The summed E-state index contributed by atoms with van der Waals surface area (Å²) >= 11 is 0. The molecule has 9 heteroatoms. The quantitative estimate of drug-likeness (QED) is 0.463. The van der Waals surface area contributed by atoms with Crippen LogP contribution in [0.25, 0.3) is 11.4 Å². The predicted molar refractivity (Wildman–Crippen MR) is 110 cm³/mol. The van der Waals surface area contributed by atoms with Crippen molar-refractivity contribution in [2.75, 3.05) is 31.1 Å². The van der Waals surface area contributed by atoms with Crippen molar-refractivity contribution < 1.29 is 13.8 Å².